The summed E-state index contributed by atoms with van der Waals surface area (Å²) in [6, 6.07) is 6.83. The number of ether oxygens (including phenoxy) is 2. The van der Waals surface area contributed by atoms with Crippen molar-refractivity contribution in [2.45, 2.75) is 19.8 Å². The van der Waals surface area contributed by atoms with Crippen LogP contribution in [0.5, 0.6) is 5.75 Å². The minimum Gasteiger partial charge on any atom is -0.494 e. The van der Waals surface area contributed by atoms with Gasteiger partial charge < -0.3 is 19.3 Å². The van der Waals surface area contributed by atoms with Crippen molar-refractivity contribution >= 4 is 29.3 Å². The third-order valence-electron chi connectivity index (χ3n) is 2.99. The highest BCUT2D eigenvalue weighted by Gasteiger charge is 2.09. The highest BCUT2D eigenvalue weighted by atomic mass is 35.5. The summed E-state index contributed by atoms with van der Waals surface area (Å²) in [5, 5.41) is 6.61. The molecule has 1 aromatic heterocycles. The smallest absolute Gasteiger partial charge is 0.306 e. The molecule has 1 heterocycles. The van der Waals surface area contributed by atoms with Gasteiger partial charge in [0.2, 0.25) is 0 Å². The molecule has 0 bridgehead atoms. The zero-order valence-electron chi connectivity index (χ0n) is 13.1. The lowest BCUT2D eigenvalue weighted by Crippen LogP contribution is -2.21. The average molecular weight is 353 g/mol. The lowest BCUT2D eigenvalue weighted by Gasteiger charge is -2.08. The molecule has 7 nitrogen and oxygen atoms in total. The molecule has 0 spiro atoms. The lowest BCUT2D eigenvalue weighted by molar-refractivity contribution is -0.147. The second-order valence-electron chi connectivity index (χ2n) is 4.96. The fourth-order valence-electron chi connectivity index (χ4n) is 1.79. The quantitative estimate of drug-likeness (QED) is 0.580. The van der Waals surface area contributed by atoms with E-state index in [0.29, 0.717) is 23.8 Å². The first-order valence-electron chi connectivity index (χ1n) is 7.29. The van der Waals surface area contributed by atoms with E-state index < -0.39 is 11.9 Å². The fourth-order valence-corrected chi connectivity index (χ4v) is 1.91. The van der Waals surface area contributed by atoms with Gasteiger partial charge >= 0.3 is 5.97 Å². The van der Waals surface area contributed by atoms with Crippen LogP contribution in [0.1, 0.15) is 18.4 Å². The minimum atomic E-state index is -0.481. The molecule has 8 heteroatoms. The molecule has 128 valence electrons. The highest BCUT2D eigenvalue weighted by Crippen LogP contribution is 2.21. The molecule has 0 aliphatic heterocycles. The maximum atomic E-state index is 11.6. The second kappa shape index (κ2) is 8.93. The molecule has 0 radical (unpaired) electrons. The maximum absolute atomic E-state index is 11.6. The van der Waals surface area contributed by atoms with E-state index in [1.165, 1.54) is 12.3 Å². The monoisotopic (exact) mass is 352 g/mol. The number of carbonyl (C=O) groups is 2. The zero-order chi connectivity index (χ0) is 17.4. The lowest BCUT2D eigenvalue weighted by atomic mass is 10.2. The molecule has 1 aromatic carbocycles. The van der Waals surface area contributed by atoms with Crippen LogP contribution in [-0.4, -0.2) is 30.2 Å². The number of nitrogens with one attached hydrogen (secondary N) is 1. The highest BCUT2D eigenvalue weighted by molar-refractivity contribution is 6.31. The number of aromatic nitrogens is 1. The van der Waals surface area contributed by atoms with Gasteiger partial charge in [-0.05, 0) is 37.1 Å². The molecule has 1 N–H and O–H groups in total. The van der Waals surface area contributed by atoms with Gasteiger partial charge in [-0.1, -0.05) is 16.8 Å². The Hall–Kier alpha value is -2.54. The van der Waals surface area contributed by atoms with E-state index in [-0.39, 0.29) is 18.8 Å². The Kier molecular flexibility index (Phi) is 6.62. The summed E-state index contributed by atoms with van der Waals surface area (Å²) in [6.45, 7) is 1.88. The number of amides is 1. The number of anilines is 1. The van der Waals surface area contributed by atoms with Crippen LogP contribution in [0.15, 0.2) is 35.1 Å². The van der Waals surface area contributed by atoms with Gasteiger partial charge in [-0.15, -0.1) is 0 Å². The van der Waals surface area contributed by atoms with Crippen molar-refractivity contribution in [3.8, 4) is 5.75 Å². The Balaban J connectivity index is 1.59. The van der Waals surface area contributed by atoms with Crippen molar-refractivity contribution in [2.75, 3.05) is 18.5 Å². The predicted octanol–water partition coefficient (Wildman–Crippen LogP) is 2.98. The molecule has 0 aliphatic rings. The molecule has 1 amide bonds. The zero-order valence-corrected chi connectivity index (χ0v) is 13.8. The number of nitrogens with zero attached hydrogens (tertiary/aromatic N) is 1. The molecule has 0 unspecified atom stereocenters. The topological polar surface area (TPSA) is 90.7 Å². The average Bonchev–Trinajstić information content (AvgIpc) is 3.06. The van der Waals surface area contributed by atoms with Crippen molar-refractivity contribution < 1.29 is 23.6 Å². The first-order valence-corrected chi connectivity index (χ1v) is 7.67. The van der Waals surface area contributed by atoms with Gasteiger partial charge in [-0.25, -0.2) is 0 Å². The first kappa shape index (κ1) is 17.8. The molecule has 0 atom stereocenters. The minimum absolute atomic E-state index is 0.157. The van der Waals surface area contributed by atoms with E-state index in [1.54, 1.807) is 12.1 Å². The largest absolute Gasteiger partial charge is 0.494 e. The van der Waals surface area contributed by atoms with Crippen LogP contribution in [0.25, 0.3) is 0 Å². The van der Waals surface area contributed by atoms with Crippen LogP contribution in [0.4, 0.5) is 5.82 Å². The standard InChI is InChI=1S/C16H17ClN2O5/c1-11-9-12(4-5-13(11)17)22-7-2-3-16(21)23-10-15(20)18-14-6-8-24-19-14/h4-6,8-9H,2-3,7,10H2,1H3,(H,18,19,20). The molecule has 0 aliphatic carbocycles. The summed E-state index contributed by atoms with van der Waals surface area (Å²) in [4.78, 5) is 23.0. The van der Waals surface area contributed by atoms with Crippen LogP contribution in [0, 0.1) is 6.92 Å². The number of aryl methyl sites for hydroxylation is 1. The molecule has 24 heavy (non-hydrogen) atoms. The van der Waals surface area contributed by atoms with Crippen molar-refractivity contribution in [3.05, 3.63) is 41.1 Å². The van der Waals surface area contributed by atoms with E-state index in [2.05, 4.69) is 15.0 Å². The Bertz CT molecular complexity index is 688. The number of halogens is 1. The Labute approximate surface area is 143 Å². The summed E-state index contributed by atoms with van der Waals surface area (Å²) in [7, 11) is 0. The fraction of sp³-hybridized carbons (Fsp3) is 0.312. The Morgan fingerprint density at radius 1 is 1.33 bits per heavy atom. The molecule has 0 saturated carbocycles. The van der Waals surface area contributed by atoms with Gasteiger partial charge in [0.25, 0.3) is 5.91 Å². The number of hydrogen-bond donors (Lipinski definition) is 1. The summed E-state index contributed by atoms with van der Waals surface area (Å²) in [5.41, 5.74) is 0.923. The summed E-state index contributed by atoms with van der Waals surface area (Å²) < 4.78 is 14.9. The SMILES string of the molecule is Cc1cc(OCCCC(=O)OCC(=O)Nc2ccon2)ccc1Cl. The summed E-state index contributed by atoms with van der Waals surface area (Å²) in [6.07, 6.45) is 1.96. The number of hydrogen-bond acceptors (Lipinski definition) is 6. The molecular weight excluding hydrogens is 336 g/mol. The number of esters is 1. The molecule has 0 fully saturated rings. The molecule has 2 rings (SSSR count). The second-order valence-corrected chi connectivity index (χ2v) is 5.36. The van der Waals surface area contributed by atoms with E-state index in [9.17, 15) is 9.59 Å². The van der Waals surface area contributed by atoms with Gasteiger partial charge in [-0.2, -0.15) is 0 Å². The number of rotatable bonds is 8. The third-order valence-corrected chi connectivity index (χ3v) is 3.42. The first-order chi connectivity index (χ1) is 11.5. The van der Waals surface area contributed by atoms with Gasteiger partial charge in [0, 0.05) is 17.5 Å². The van der Waals surface area contributed by atoms with Crippen LogP contribution in [-0.2, 0) is 14.3 Å². The van der Waals surface area contributed by atoms with Gasteiger partial charge in [0.05, 0.1) is 6.61 Å². The predicted molar refractivity (Wildman–Crippen MR) is 87.0 cm³/mol. The van der Waals surface area contributed by atoms with Crippen LogP contribution < -0.4 is 10.1 Å². The van der Waals surface area contributed by atoms with E-state index in [0.717, 1.165) is 5.56 Å². The van der Waals surface area contributed by atoms with E-state index in [1.807, 2.05) is 13.0 Å². The summed E-state index contributed by atoms with van der Waals surface area (Å²) >= 11 is 5.93. The van der Waals surface area contributed by atoms with Crippen LogP contribution in [0.3, 0.4) is 0 Å². The normalized spacial score (nSPS) is 10.2. The molecule has 2 aromatic rings. The van der Waals surface area contributed by atoms with Gasteiger partial charge in [0.15, 0.2) is 12.4 Å². The van der Waals surface area contributed by atoms with Crippen molar-refractivity contribution in [1.29, 1.82) is 0 Å². The van der Waals surface area contributed by atoms with Gasteiger partial charge in [-0.3, -0.25) is 9.59 Å². The van der Waals surface area contributed by atoms with E-state index >= 15 is 0 Å². The van der Waals surface area contributed by atoms with Crippen molar-refractivity contribution in [1.82, 2.24) is 5.16 Å². The maximum Gasteiger partial charge on any atom is 0.306 e. The van der Waals surface area contributed by atoms with Crippen molar-refractivity contribution in [3.63, 3.8) is 0 Å². The van der Waals surface area contributed by atoms with Crippen LogP contribution in [0.2, 0.25) is 5.02 Å². The summed E-state index contributed by atoms with van der Waals surface area (Å²) in [5.74, 6) is 0.00583. The molecule has 0 saturated heterocycles. The van der Waals surface area contributed by atoms with Gasteiger partial charge in [0.1, 0.15) is 12.0 Å². The molecular formula is C16H17ClN2O5. The van der Waals surface area contributed by atoms with E-state index in [4.69, 9.17) is 21.1 Å². The van der Waals surface area contributed by atoms with Crippen molar-refractivity contribution in [2.24, 2.45) is 0 Å². The number of carbonyl (C=O) groups excluding carboxylic acids is 2. The Morgan fingerprint density at radius 3 is 2.88 bits per heavy atom. The van der Waals surface area contributed by atoms with Crippen LogP contribution >= 0.6 is 11.6 Å². The Morgan fingerprint density at radius 2 is 2.17 bits per heavy atom. The number of benzene rings is 1. The third kappa shape index (κ3) is 5.92.